The maximum Gasteiger partial charge on any atom is 0.330 e. The molecule has 3 saturated carbocycles. The Morgan fingerprint density at radius 3 is 2.68 bits per heavy atom. The Balaban J connectivity index is 1.96. The molecular weight excluding hydrogens is 236 g/mol. The molecule has 106 valence electrons. The monoisotopic (exact) mass is 262 g/mol. The Labute approximate surface area is 116 Å². The molecule has 3 aliphatic carbocycles. The van der Waals surface area contributed by atoms with Crippen molar-refractivity contribution in [2.45, 2.75) is 59.0 Å². The Bertz CT molecular complexity index is 411. The van der Waals surface area contributed by atoms with Crippen LogP contribution in [0.25, 0.3) is 0 Å². The molecule has 3 fully saturated rings. The van der Waals surface area contributed by atoms with Crippen molar-refractivity contribution in [3.05, 3.63) is 12.7 Å². The average molecular weight is 262 g/mol. The van der Waals surface area contributed by atoms with Crippen LogP contribution in [0.1, 0.15) is 52.9 Å². The lowest BCUT2D eigenvalue weighted by molar-refractivity contribution is -0.158. The van der Waals surface area contributed by atoms with E-state index in [1.165, 1.54) is 31.8 Å². The average Bonchev–Trinajstić information content (AvgIpc) is 2.86. The Hall–Kier alpha value is -0.790. The highest BCUT2D eigenvalue weighted by Gasteiger charge is 2.66. The van der Waals surface area contributed by atoms with Gasteiger partial charge in [0.15, 0.2) is 0 Å². The van der Waals surface area contributed by atoms with Crippen molar-refractivity contribution in [3.8, 4) is 0 Å². The first kappa shape index (κ1) is 13.2. The van der Waals surface area contributed by atoms with Gasteiger partial charge >= 0.3 is 5.97 Å². The third-order valence-electron chi connectivity index (χ3n) is 7.02. The van der Waals surface area contributed by atoms with Gasteiger partial charge in [-0.1, -0.05) is 40.2 Å². The van der Waals surface area contributed by atoms with Gasteiger partial charge in [-0.2, -0.15) is 0 Å². The number of hydrogen-bond donors (Lipinski definition) is 0. The first-order valence-corrected chi connectivity index (χ1v) is 7.74. The topological polar surface area (TPSA) is 26.3 Å². The number of carbonyl (C=O) groups excluding carboxylic acids is 1. The first-order chi connectivity index (χ1) is 8.91. The summed E-state index contributed by atoms with van der Waals surface area (Å²) < 4.78 is 5.76. The first-order valence-electron chi connectivity index (χ1n) is 7.74. The van der Waals surface area contributed by atoms with Crippen molar-refractivity contribution < 1.29 is 9.53 Å². The molecule has 19 heavy (non-hydrogen) atoms. The lowest BCUT2D eigenvalue weighted by Gasteiger charge is -2.53. The minimum absolute atomic E-state index is 0.0890. The van der Waals surface area contributed by atoms with Gasteiger partial charge in [-0.15, -0.1) is 0 Å². The fraction of sp³-hybridized carbons (Fsp3) is 0.824. The zero-order valence-corrected chi connectivity index (χ0v) is 12.4. The summed E-state index contributed by atoms with van der Waals surface area (Å²) in [6.07, 6.45) is 7.85. The minimum atomic E-state index is -0.246. The van der Waals surface area contributed by atoms with E-state index in [0.717, 1.165) is 18.3 Å². The highest BCUT2D eigenvalue weighted by molar-refractivity contribution is 5.81. The normalized spacial score (nSPS) is 46.7. The van der Waals surface area contributed by atoms with Gasteiger partial charge in [0.05, 0.1) is 0 Å². The van der Waals surface area contributed by atoms with Crippen LogP contribution in [-0.4, -0.2) is 12.1 Å². The molecule has 0 aromatic rings. The van der Waals surface area contributed by atoms with Gasteiger partial charge in [-0.3, -0.25) is 0 Å². The number of ether oxygens (including phenoxy) is 1. The number of carbonyl (C=O) groups is 1. The van der Waals surface area contributed by atoms with Gasteiger partial charge in [-0.25, -0.2) is 4.79 Å². The molecule has 2 heteroatoms. The van der Waals surface area contributed by atoms with Crippen molar-refractivity contribution in [2.75, 3.05) is 0 Å². The van der Waals surface area contributed by atoms with E-state index in [1.807, 2.05) is 0 Å². The molecule has 0 heterocycles. The van der Waals surface area contributed by atoms with Crippen LogP contribution >= 0.6 is 0 Å². The standard InChI is InChI=1S/C17H26O2/c1-5-15(18)19-14-10-12-9-11-7-6-8-13(11)17(14,4)16(12,2)3/h5,11-14H,1,6-10H2,2-4H3. The number of fused-ring (bicyclic) bond motifs is 4. The maximum absolute atomic E-state index is 11.7. The predicted molar refractivity (Wildman–Crippen MR) is 75.5 cm³/mol. The van der Waals surface area contributed by atoms with Crippen molar-refractivity contribution in [2.24, 2.45) is 28.6 Å². The number of rotatable bonds is 2. The van der Waals surface area contributed by atoms with Crippen molar-refractivity contribution in [1.29, 1.82) is 0 Å². The second-order valence-electron chi connectivity index (χ2n) is 7.60. The highest BCUT2D eigenvalue weighted by Crippen LogP contribution is 2.70. The van der Waals surface area contributed by atoms with Crippen LogP contribution in [0.4, 0.5) is 0 Å². The van der Waals surface area contributed by atoms with Gasteiger partial charge in [0.1, 0.15) is 6.10 Å². The molecule has 0 aromatic heterocycles. The minimum Gasteiger partial charge on any atom is -0.459 e. The Morgan fingerprint density at radius 1 is 1.26 bits per heavy atom. The summed E-state index contributed by atoms with van der Waals surface area (Å²) in [5.41, 5.74) is 0.431. The lowest BCUT2D eigenvalue weighted by Crippen LogP contribution is -2.51. The molecule has 0 aromatic carbocycles. The Morgan fingerprint density at radius 2 is 2.00 bits per heavy atom. The van der Waals surface area contributed by atoms with Crippen LogP contribution in [0.5, 0.6) is 0 Å². The molecule has 0 saturated heterocycles. The summed E-state index contributed by atoms with van der Waals surface area (Å²) in [5.74, 6) is 2.07. The van der Waals surface area contributed by atoms with E-state index in [4.69, 9.17) is 4.74 Å². The van der Waals surface area contributed by atoms with Crippen molar-refractivity contribution in [3.63, 3.8) is 0 Å². The van der Waals surface area contributed by atoms with Crippen LogP contribution in [0.3, 0.4) is 0 Å². The molecule has 0 N–H and O–H groups in total. The Kier molecular flexibility index (Phi) is 2.85. The van der Waals surface area contributed by atoms with E-state index < -0.39 is 0 Å². The summed E-state index contributed by atoms with van der Waals surface area (Å²) in [4.78, 5) is 11.7. The van der Waals surface area contributed by atoms with Crippen LogP contribution in [-0.2, 0) is 9.53 Å². The molecule has 5 atom stereocenters. The summed E-state index contributed by atoms with van der Waals surface area (Å²) in [5, 5.41) is 0. The largest absolute Gasteiger partial charge is 0.459 e. The summed E-state index contributed by atoms with van der Waals surface area (Å²) in [6.45, 7) is 10.7. The molecule has 0 spiro atoms. The third kappa shape index (κ3) is 1.58. The lowest BCUT2D eigenvalue weighted by atomic mass is 9.51. The van der Waals surface area contributed by atoms with Crippen molar-refractivity contribution in [1.82, 2.24) is 0 Å². The van der Waals surface area contributed by atoms with Crippen LogP contribution in [0.2, 0.25) is 0 Å². The molecule has 2 bridgehead atoms. The molecule has 3 aliphatic rings. The third-order valence-corrected chi connectivity index (χ3v) is 7.02. The number of esters is 1. The molecule has 5 unspecified atom stereocenters. The fourth-order valence-corrected chi connectivity index (χ4v) is 5.59. The van der Waals surface area contributed by atoms with Crippen LogP contribution in [0, 0.1) is 28.6 Å². The van der Waals surface area contributed by atoms with E-state index >= 15 is 0 Å². The zero-order chi connectivity index (χ0) is 13.8. The second kappa shape index (κ2) is 4.10. The van der Waals surface area contributed by atoms with E-state index in [0.29, 0.717) is 5.92 Å². The second-order valence-corrected chi connectivity index (χ2v) is 7.60. The smallest absolute Gasteiger partial charge is 0.330 e. The van der Waals surface area contributed by atoms with Gasteiger partial charge < -0.3 is 4.74 Å². The van der Waals surface area contributed by atoms with E-state index in [-0.39, 0.29) is 22.9 Å². The SMILES string of the molecule is C=CC(=O)OC1CC2CC3CCCC3C1(C)C2(C)C. The summed E-state index contributed by atoms with van der Waals surface area (Å²) >= 11 is 0. The van der Waals surface area contributed by atoms with E-state index in [2.05, 4.69) is 27.4 Å². The van der Waals surface area contributed by atoms with Gasteiger partial charge in [-0.05, 0) is 42.4 Å². The van der Waals surface area contributed by atoms with Gasteiger partial charge in [0.25, 0.3) is 0 Å². The molecule has 3 rings (SSSR count). The zero-order valence-electron chi connectivity index (χ0n) is 12.4. The van der Waals surface area contributed by atoms with Crippen LogP contribution < -0.4 is 0 Å². The molecule has 0 amide bonds. The van der Waals surface area contributed by atoms with Crippen molar-refractivity contribution >= 4 is 5.97 Å². The van der Waals surface area contributed by atoms with Crippen LogP contribution in [0.15, 0.2) is 12.7 Å². The fourth-order valence-electron chi connectivity index (χ4n) is 5.59. The van der Waals surface area contributed by atoms with E-state index in [1.54, 1.807) is 0 Å². The predicted octanol–water partition coefficient (Wildman–Crippen LogP) is 3.96. The summed E-state index contributed by atoms with van der Waals surface area (Å²) in [7, 11) is 0. The van der Waals surface area contributed by atoms with Gasteiger partial charge in [0, 0.05) is 11.5 Å². The summed E-state index contributed by atoms with van der Waals surface area (Å²) in [6, 6.07) is 0. The molecule has 2 nitrogen and oxygen atoms in total. The van der Waals surface area contributed by atoms with Gasteiger partial charge in [0.2, 0.25) is 0 Å². The maximum atomic E-state index is 11.7. The number of hydrogen-bond acceptors (Lipinski definition) is 2. The molecule has 0 radical (unpaired) electrons. The molecular formula is C17H26O2. The quantitative estimate of drug-likeness (QED) is 0.556. The molecule has 0 aliphatic heterocycles. The highest BCUT2D eigenvalue weighted by atomic mass is 16.5. The van der Waals surface area contributed by atoms with E-state index in [9.17, 15) is 4.79 Å².